The van der Waals surface area contributed by atoms with E-state index in [-0.39, 0.29) is 23.2 Å². The molecule has 0 heterocycles. The van der Waals surface area contributed by atoms with Crippen LogP contribution in [0.5, 0.6) is 0 Å². The van der Waals surface area contributed by atoms with Crippen LogP contribution in [0.2, 0.25) is 0 Å². The van der Waals surface area contributed by atoms with Crippen LogP contribution < -0.4 is 0 Å². The molecule has 1 aliphatic rings. The van der Waals surface area contributed by atoms with Crippen molar-refractivity contribution in [2.75, 3.05) is 6.61 Å². The number of ether oxygens (including phenoxy) is 1. The predicted octanol–water partition coefficient (Wildman–Crippen LogP) is 1.99. The number of carbonyl (C=O) groups excluding carboxylic acids is 1. The second-order valence-corrected chi connectivity index (χ2v) is 5.57. The molecule has 1 N–H and O–H groups in total. The Hall–Kier alpha value is 0.01000. The summed E-state index contributed by atoms with van der Waals surface area (Å²) >= 11 is 11.2. The molecule has 1 fully saturated rings. The van der Waals surface area contributed by atoms with Crippen LogP contribution in [0.3, 0.4) is 0 Å². The molecule has 0 aromatic rings. The Labute approximate surface area is 99.7 Å². The summed E-state index contributed by atoms with van der Waals surface area (Å²) in [5.74, 6) is -0.787. The fraction of sp³-hybridized carbons (Fsp3) is 0.900. The number of rotatable bonds is 4. The van der Waals surface area contributed by atoms with E-state index in [0.29, 0.717) is 6.61 Å². The lowest BCUT2D eigenvalue weighted by Crippen LogP contribution is -2.22. The van der Waals surface area contributed by atoms with E-state index in [9.17, 15) is 9.90 Å². The maximum absolute atomic E-state index is 11.5. The zero-order chi connectivity index (χ0) is 11.8. The first-order valence-electron chi connectivity index (χ1n) is 4.96. The van der Waals surface area contributed by atoms with Gasteiger partial charge in [0.25, 0.3) is 0 Å². The quantitative estimate of drug-likeness (QED) is 0.617. The monoisotopic (exact) mass is 254 g/mol. The van der Waals surface area contributed by atoms with E-state index in [1.165, 1.54) is 0 Å². The van der Waals surface area contributed by atoms with Crippen LogP contribution in [-0.4, -0.2) is 28.6 Å². The van der Waals surface area contributed by atoms with Gasteiger partial charge in [0.15, 0.2) is 0 Å². The van der Waals surface area contributed by atoms with E-state index < -0.39 is 10.9 Å². The van der Waals surface area contributed by atoms with Crippen molar-refractivity contribution >= 4 is 29.2 Å². The van der Waals surface area contributed by atoms with Gasteiger partial charge in [-0.05, 0) is 12.3 Å². The average molecular weight is 255 g/mol. The van der Waals surface area contributed by atoms with E-state index in [4.69, 9.17) is 27.9 Å². The molecule has 0 aliphatic heterocycles. The molecule has 0 aromatic carbocycles. The molecule has 1 aliphatic carbocycles. The van der Waals surface area contributed by atoms with Crippen molar-refractivity contribution in [1.82, 2.24) is 0 Å². The minimum Gasteiger partial charge on any atom is -0.466 e. The zero-order valence-electron chi connectivity index (χ0n) is 9.04. The maximum atomic E-state index is 11.5. The molecule has 0 saturated heterocycles. The topological polar surface area (TPSA) is 46.5 Å². The molecule has 1 rings (SSSR count). The van der Waals surface area contributed by atoms with Gasteiger partial charge in [-0.15, -0.1) is 23.2 Å². The van der Waals surface area contributed by atoms with Gasteiger partial charge >= 0.3 is 5.97 Å². The molecule has 0 radical (unpaired) electrons. The molecule has 0 amide bonds. The summed E-state index contributed by atoms with van der Waals surface area (Å²) in [5.41, 5.74) is -0.284. The number of carbonyl (C=O) groups is 1. The number of aliphatic hydroxyl groups excluding tert-OH is 1. The van der Waals surface area contributed by atoms with Crippen molar-refractivity contribution in [1.29, 1.82) is 0 Å². The van der Waals surface area contributed by atoms with Crippen molar-refractivity contribution in [3.05, 3.63) is 0 Å². The molecular weight excluding hydrogens is 239 g/mol. The van der Waals surface area contributed by atoms with Crippen LogP contribution in [0.1, 0.15) is 20.8 Å². The Morgan fingerprint density at radius 3 is 2.47 bits per heavy atom. The third-order valence-electron chi connectivity index (χ3n) is 3.08. The lowest BCUT2D eigenvalue weighted by Gasteiger charge is -2.11. The minimum atomic E-state index is -0.877. The van der Waals surface area contributed by atoms with E-state index in [1.807, 2.05) is 13.8 Å². The summed E-state index contributed by atoms with van der Waals surface area (Å²) in [4.78, 5) is 10.7. The van der Waals surface area contributed by atoms with Crippen LogP contribution in [0.25, 0.3) is 0 Å². The van der Waals surface area contributed by atoms with Gasteiger partial charge in [0.2, 0.25) is 0 Å². The molecule has 5 heteroatoms. The van der Waals surface area contributed by atoms with Crippen molar-refractivity contribution in [2.24, 2.45) is 17.3 Å². The van der Waals surface area contributed by atoms with Gasteiger partial charge in [-0.1, -0.05) is 13.8 Å². The highest BCUT2D eigenvalue weighted by Crippen LogP contribution is 2.61. The minimum absolute atomic E-state index is 0.212. The summed E-state index contributed by atoms with van der Waals surface area (Å²) in [6.07, 6.45) is -0.877. The fourth-order valence-corrected chi connectivity index (χ4v) is 2.47. The first kappa shape index (κ1) is 13.1. The Kier molecular flexibility index (Phi) is 3.90. The van der Waals surface area contributed by atoms with Gasteiger partial charge < -0.3 is 9.84 Å². The maximum Gasteiger partial charge on any atom is 0.309 e. The van der Waals surface area contributed by atoms with Crippen molar-refractivity contribution in [3.8, 4) is 0 Å². The van der Waals surface area contributed by atoms with Crippen LogP contribution in [0.15, 0.2) is 0 Å². The average Bonchev–Trinajstić information content (AvgIpc) is 2.68. The SMILES string of the molecule is CCOC(=O)[C@H]1[C@H](C(O)C(Cl)Cl)C1(C)C. The molecule has 0 bridgehead atoms. The molecule has 0 aromatic heterocycles. The summed E-state index contributed by atoms with van der Waals surface area (Å²) in [7, 11) is 0. The normalized spacial score (nSPS) is 30.1. The third-order valence-corrected chi connectivity index (χ3v) is 3.59. The van der Waals surface area contributed by atoms with Crippen LogP contribution >= 0.6 is 23.2 Å². The molecule has 3 atom stereocenters. The van der Waals surface area contributed by atoms with Gasteiger partial charge in [-0.3, -0.25) is 4.79 Å². The predicted molar refractivity (Wildman–Crippen MR) is 58.9 cm³/mol. The molecule has 1 saturated carbocycles. The van der Waals surface area contributed by atoms with Gasteiger partial charge in [-0.25, -0.2) is 0 Å². The van der Waals surface area contributed by atoms with Crippen LogP contribution in [0, 0.1) is 17.3 Å². The Bertz CT molecular complexity index is 253. The second kappa shape index (κ2) is 4.48. The fourth-order valence-electron chi connectivity index (χ4n) is 2.15. The molecule has 88 valence electrons. The first-order valence-corrected chi connectivity index (χ1v) is 5.84. The van der Waals surface area contributed by atoms with E-state index in [2.05, 4.69) is 0 Å². The third kappa shape index (κ3) is 2.40. The van der Waals surface area contributed by atoms with Crippen molar-refractivity contribution < 1.29 is 14.6 Å². The molecule has 0 spiro atoms. The number of hydrogen-bond acceptors (Lipinski definition) is 3. The summed E-state index contributed by atoms with van der Waals surface area (Å²) in [6.45, 7) is 5.90. The van der Waals surface area contributed by atoms with Gasteiger partial charge in [-0.2, -0.15) is 0 Å². The second-order valence-electron chi connectivity index (χ2n) is 4.40. The lowest BCUT2D eigenvalue weighted by molar-refractivity contribution is -0.146. The Morgan fingerprint density at radius 2 is 2.07 bits per heavy atom. The highest BCUT2D eigenvalue weighted by molar-refractivity contribution is 6.44. The highest BCUT2D eigenvalue weighted by atomic mass is 35.5. The number of hydrogen-bond donors (Lipinski definition) is 1. The van der Waals surface area contributed by atoms with Crippen LogP contribution in [0.4, 0.5) is 0 Å². The first-order chi connectivity index (χ1) is 6.84. The number of halogens is 2. The van der Waals surface area contributed by atoms with E-state index in [0.717, 1.165) is 0 Å². The van der Waals surface area contributed by atoms with Gasteiger partial charge in [0.05, 0.1) is 18.6 Å². The number of aliphatic hydroxyl groups is 1. The summed E-state index contributed by atoms with van der Waals surface area (Å²) < 4.78 is 4.93. The Morgan fingerprint density at radius 1 is 1.53 bits per heavy atom. The summed E-state index contributed by atoms with van der Waals surface area (Å²) in [5, 5.41) is 9.72. The van der Waals surface area contributed by atoms with Crippen molar-refractivity contribution in [2.45, 2.75) is 31.7 Å². The van der Waals surface area contributed by atoms with E-state index >= 15 is 0 Å². The molecule has 15 heavy (non-hydrogen) atoms. The molecular formula is C10H16Cl2O3. The number of esters is 1. The molecule has 3 nitrogen and oxygen atoms in total. The standard InChI is InChI=1S/C10H16Cl2O3/c1-4-15-9(14)6-5(10(6,2)3)7(13)8(11)12/h5-8,13H,4H2,1-3H3/t5-,6-,7?/m1/s1. The number of alkyl halides is 2. The van der Waals surface area contributed by atoms with Crippen molar-refractivity contribution in [3.63, 3.8) is 0 Å². The van der Waals surface area contributed by atoms with Gasteiger partial charge in [0.1, 0.15) is 4.84 Å². The largest absolute Gasteiger partial charge is 0.466 e. The molecule has 1 unspecified atom stereocenters. The van der Waals surface area contributed by atoms with Gasteiger partial charge in [0, 0.05) is 5.92 Å². The zero-order valence-corrected chi connectivity index (χ0v) is 10.5. The smallest absolute Gasteiger partial charge is 0.309 e. The highest BCUT2D eigenvalue weighted by Gasteiger charge is 2.66. The van der Waals surface area contributed by atoms with Crippen LogP contribution in [-0.2, 0) is 9.53 Å². The lowest BCUT2D eigenvalue weighted by atomic mass is 10.1. The summed E-state index contributed by atoms with van der Waals surface area (Å²) in [6, 6.07) is 0. The van der Waals surface area contributed by atoms with E-state index in [1.54, 1.807) is 6.92 Å². The Balaban J connectivity index is 2.66.